The van der Waals surface area contributed by atoms with Crippen LogP contribution < -0.4 is 0 Å². The van der Waals surface area contributed by atoms with Gasteiger partial charge in [-0.25, -0.2) is 0 Å². The Kier molecular flexibility index (Phi) is 4.62. The van der Waals surface area contributed by atoms with E-state index in [-0.39, 0.29) is 13.3 Å². The maximum atomic E-state index is 13.1. The standard InChI is InChI=1S/C22H29N3O.H2/c1-4-11-24-14-17(22(26)23(5-2)6-3)13-19-18-9-7-8-16-10-12-25(21(16)18)15-20(19)24;/h7-10,12-13,17,20H,4-6,11,14-15H2,1-3H3;1H. The van der Waals surface area contributed by atoms with Crippen molar-refractivity contribution in [1.82, 2.24) is 14.4 Å². The summed E-state index contributed by atoms with van der Waals surface area (Å²) in [6.45, 7) is 10.8. The summed E-state index contributed by atoms with van der Waals surface area (Å²) >= 11 is 0. The van der Waals surface area contributed by atoms with E-state index < -0.39 is 0 Å². The Morgan fingerprint density at radius 2 is 2.00 bits per heavy atom. The predicted molar refractivity (Wildman–Crippen MR) is 109 cm³/mol. The van der Waals surface area contributed by atoms with E-state index in [0.29, 0.717) is 6.04 Å². The molecule has 2 aromatic rings. The summed E-state index contributed by atoms with van der Waals surface area (Å²) in [6.07, 6.45) is 5.60. The predicted octanol–water partition coefficient (Wildman–Crippen LogP) is 3.86. The second kappa shape index (κ2) is 6.92. The Bertz CT molecular complexity index is 852. The van der Waals surface area contributed by atoms with Gasteiger partial charge >= 0.3 is 0 Å². The summed E-state index contributed by atoms with van der Waals surface area (Å²) in [7, 11) is 0. The number of benzene rings is 1. The summed E-state index contributed by atoms with van der Waals surface area (Å²) in [6, 6.07) is 9.14. The van der Waals surface area contributed by atoms with Crippen molar-refractivity contribution in [2.75, 3.05) is 26.2 Å². The molecular formula is C22H31N3O. The first kappa shape index (κ1) is 17.3. The lowest BCUT2D eigenvalue weighted by molar-refractivity contribution is -0.134. The van der Waals surface area contributed by atoms with Crippen LogP contribution in [0.5, 0.6) is 0 Å². The largest absolute Gasteiger partial charge is 0.345 e. The SMILES string of the molecule is CCCN1CC(C(=O)N(CC)CC)C=C2c3cccc4ccn(c34)CC21.[HH]. The molecule has 1 aromatic carbocycles. The van der Waals surface area contributed by atoms with Crippen LogP contribution in [0.3, 0.4) is 0 Å². The fraction of sp³-hybridized carbons (Fsp3) is 0.500. The van der Waals surface area contributed by atoms with E-state index in [4.69, 9.17) is 0 Å². The number of aromatic nitrogens is 1. The average molecular weight is 354 g/mol. The van der Waals surface area contributed by atoms with Crippen molar-refractivity contribution >= 4 is 22.4 Å². The molecule has 0 N–H and O–H groups in total. The molecule has 0 aliphatic carbocycles. The van der Waals surface area contributed by atoms with Crippen molar-refractivity contribution in [3.05, 3.63) is 42.1 Å². The molecule has 1 aromatic heterocycles. The van der Waals surface area contributed by atoms with Gasteiger partial charge in [-0.1, -0.05) is 31.2 Å². The Labute approximate surface area is 157 Å². The van der Waals surface area contributed by atoms with Crippen molar-refractivity contribution in [3.63, 3.8) is 0 Å². The van der Waals surface area contributed by atoms with Crippen LogP contribution >= 0.6 is 0 Å². The van der Waals surface area contributed by atoms with Crippen LogP contribution in [0.1, 0.15) is 34.2 Å². The summed E-state index contributed by atoms with van der Waals surface area (Å²) in [5.41, 5.74) is 3.98. The van der Waals surface area contributed by atoms with Gasteiger partial charge in [-0.15, -0.1) is 0 Å². The first-order valence-corrected chi connectivity index (χ1v) is 10.0. The van der Waals surface area contributed by atoms with Crippen LogP contribution in [0.4, 0.5) is 0 Å². The molecule has 0 fully saturated rings. The molecule has 2 aliphatic rings. The van der Waals surface area contributed by atoms with Gasteiger partial charge in [0, 0.05) is 44.8 Å². The quantitative estimate of drug-likeness (QED) is 0.816. The van der Waals surface area contributed by atoms with E-state index in [9.17, 15) is 4.79 Å². The molecule has 3 heterocycles. The molecule has 0 radical (unpaired) electrons. The fourth-order valence-corrected chi connectivity index (χ4v) is 4.73. The van der Waals surface area contributed by atoms with Gasteiger partial charge in [-0.2, -0.15) is 0 Å². The Morgan fingerprint density at radius 3 is 2.73 bits per heavy atom. The Morgan fingerprint density at radius 1 is 1.19 bits per heavy atom. The van der Waals surface area contributed by atoms with E-state index in [2.05, 4.69) is 66.8 Å². The Balaban J connectivity index is 0.00000210. The molecule has 0 bridgehead atoms. The van der Waals surface area contributed by atoms with Crippen LogP contribution in [0.2, 0.25) is 0 Å². The zero-order chi connectivity index (χ0) is 18.3. The monoisotopic (exact) mass is 353 g/mol. The Hall–Kier alpha value is -2.07. The third-order valence-corrected chi connectivity index (χ3v) is 5.98. The number of amides is 1. The van der Waals surface area contributed by atoms with Gasteiger partial charge in [0.15, 0.2) is 0 Å². The topological polar surface area (TPSA) is 28.5 Å². The van der Waals surface area contributed by atoms with Gasteiger partial charge in [0.05, 0.1) is 17.5 Å². The smallest absolute Gasteiger partial charge is 0.230 e. The van der Waals surface area contributed by atoms with Crippen molar-refractivity contribution in [3.8, 4) is 0 Å². The molecule has 1 amide bonds. The maximum absolute atomic E-state index is 13.1. The highest BCUT2D eigenvalue weighted by atomic mass is 16.2. The third kappa shape index (κ3) is 2.67. The normalized spacial score (nSPS) is 22.2. The zero-order valence-corrected chi connectivity index (χ0v) is 16.1. The molecule has 2 unspecified atom stereocenters. The van der Waals surface area contributed by atoms with Gasteiger partial charge in [0.25, 0.3) is 0 Å². The van der Waals surface area contributed by atoms with Crippen LogP contribution in [-0.4, -0.2) is 52.5 Å². The summed E-state index contributed by atoms with van der Waals surface area (Å²) in [5.74, 6) is 0.236. The molecule has 2 aliphatic heterocycles. The molecule has 0 saturated heterocycles. The lowest BCUT2D eigenvalue weighted by atomic mass is 9.85. The van der Waals surface area contributed by atoms with Crippen molar-refractivity contribution in [2.24, 2.45) is 5.92 Å². The lowest BCUT2D eigenvalue weighted by Gasteiger charge is -2.42. The molecule has 0 saturated carbocycles. The van der Waals surface area contributed by atoms with E-state index in [1.165, 1.54) is 22.0 Å². The van der Waals surface area contributed by atoms with Crippen LogP contribution in [-0.2, 0) is 11.3 Å². The minimum atomic E-state index is -0.0375. The number of carbonyl (C=O) groups is 1. The number of nitrogens with zero attached hydrogens (tertiary/aromatic N) is 3. The molecule has 140 valence electrons. The minimum absolute atomic E-state index is 0. The molecule has 4 heteroatoms. The first-order chi connectivity index (χ1) is 12.7. The molecule has 0 spiro atoms. The number of hydrogen-bond acceptors (Lipinski definition) is 2. The van der Waals surface area contributed by atoms with Crippen LogP contribution in [0.15, 0.2) is 36.5 Å². The van der Waals surface area contributed by atoms with E-state index in [1.54, 1.807) is 0 Å². The van der Waals surface area contributed by atoms with E-state index in [1.807, 2.05) is 4.90 Å². The molecule has 4 nitrogen and oxygen atoms in total. The van der Waals surface area contributed by atoms with Crippen molar-refractivity contribution in [1.29, 1.82) is 0 Å². The number of fused-ring (bicyclic) bond motifs is 2. The lowest BCUT2D eigenvalue weighted by Crippen LogP contribution is -2.50. The summed E-state index contributed by atoms with van der Waals surface area (Å²) in [5, 5.41) is 1.29. The van der Waals surface area contributed by atoms with Gasteiger partial charge in [0.1, 0.15) is 0 Å². The highest BCUT2D eigenvalue weighted by Crippen LogP contribution is 2.39. The molecule has 4 rings (SSSR count). The van der Waals surface area contributed by atoms with Gasteiger partial charge < -0.3 is 9.47 Å². The number of hydrogen-bond donors (Lipinski definition) is 0. The van der Waals surface area contributed by atoms with Gasteiger partial charge in [-0.05, 0) is 38.5 Å². The minimum Gasteiger partial charge on any atom is -0.345 e. The number of para-hydroxylation sites is 1. The summed E-state index contributed by atoms with van der Waals surface area (Å²) in [4.78, 5) is 17.6. The van der Waals surface area contributed by atoms with E-state index >= 15 is 0 Å². The van der Waals surface area contributed by atoms with E-state index in [0.717, 1.165) is 39.1 Å². The van der Waals surface area contributed by atoms with Crippen LogP contribution in [0, 0.1) is 5.92 Å². The number of carbonyl (C=O) groups excluding carboxylic acids is 1. The zero-order valence-electron chi connectivity index (χ0n) is 16.1. The maximum Gasteiger partial charge on any atom is 0.230 e. The molecular weight excluding hydrogens is 322 g/mol. The second-order valence-electron chi connectivity index (χ2n) is 7.46. The third-order valence-electron chi connectivity index (χ3n) is 5.98. The summed E-state index contributed by atoms with van der Waals surface area (Å²) < 4.78 is 2.39. The molecule has 2 atom stereocenters. The average Bonchev–Trinajstić information content (AvgIpc) is 3.08. The van der Waals surface area contributed by atoms with Crippen LogP contribution in [0.25, 0.3) is 16.5 Å². The van der Waals surface area contributed by atoms with Gasteiger partial charge in [0.2, 0.25) is 5.91 Å². The highest BCUT2D eigenvalue weighted by molar-refractivity contribution is 5.96. The van der Waals surface area contributed by atoms with Crippen molar-refractivity contribution < 1.29 is 6.22 Å². The first-order valence-electron chi connectivity index (χ1n) is 10.0. The second-order valence-corrected chi connectivity index (χ2v) is 7.46. The molecule has 26 heavy (non-hydrogen) atoms. The van der Waals surface area contributed by atoms with Gasteiger partial charge in [-0.3, -0.25) is 9.69 Å². The fourth-order valence-electron chi connectivity index (χ4n) is 4.73. The van der Waals surface area contributed by atoms with Crippen molar-refractivity contribution in [2.45, 2.75) is 39.8 Å². The highest BCUT2D eigenvalue weighted by Gasteiger charge is 2.37. The number of rotatable bonds is 5.